The van der Waals surface area contributed by atoms with E-state index in [-0.39, 0.29) is 18.4 Å². The van der Waals surface area contributed by atoms with Crippen LogP contribution in [0.5, 0.6) is 5.75 Å². The first-order chi connectivity index (χ1) is 18.4. The summed E-state index contributed by atoms with van der Waals surface area (Å²) in [4.78, 5) is 29.9. The normalized spacial score (nSPS) is 14.7. The molecule has 1 amide bonds. The third kappa shape index (κ3) is 6.90. The van der Waals surface area contributed by atoms with E-state index in [2.05, 4.69) is 25.3 Å². The molecule has 0 radical (unpaired) electrons. The quantitative estimate of drug-likeness (QED) is 0.305. The highest BCUT2D eigenvalue weighted by Gasteiger charge is 2.28. The van der Waals surface area contributed by atoms with Crippen LogP contribution in [-0.2, 0) is 6.42 Å². The van der Waals surface area contributed by atoms with Gasteiger partial charge >= 0.3 is 6.09 Å². The van der Waals surface area contributed by atoms with Gasteiger partial charge in [-0.1, -0.05) is 25.7 Å². The van der Waals surface area contributed by atoms with Crippen LogP contribution in [0.4, 0.5) is 19.3 Å². The topological polar surface area (TPSA) is 113 Å². The molecule has 3 aromatic rings. The second-order valence-electron chi connectivity index (χ2n) is 9.23. The van der Waals surface area contributed by atoms with Crippen LogP contribution in [0.2, 0.25) is 0 Å². The smallest absolute Gasteiger partial charge is 0.404 e. The Bertz CT molecular complexity index is 1230. The number of hydrogen-bond donors (Lipinski definition) is 2. The first kappa shape index (κ1) is 27.2. The number of nitrogens with zero attached hydrogens (tertiary/aromatic N) is 5. The molecule has 0 fully saturated rings. The van der Waals surface area contributed by atoms with Gasteiger partial charge in [-0.25, -0.2) is 29.1 Å². The zero-order chi connectivity index (χ0) is 26.9. The first-order valence-electron chi connectivity index (χ1n) is 12.9. The molecule has 1 aliphatic heterocycles. The highest BCUT2D eigenvalue weighted by atomic mass is 19.2. The number of amides is 1. The van der Waals surface area contributed by atoms with E-state index >= 15 is 0 Å². The molecule has 11 heteroatoms. The molecule has 1 unspecified atom stereocenters. The van der Waals surface area contributed by atoms with Gasteiger partial charge in [0.15, 0.2) is 23.2 Å². The van der Waals surface area contributed by atoms with Crippen LogP contribution in [0.25, 0.3) is 11.6 Å². The number of ether oxygens (including phenoxy) is 1. The Hall–Kier alpha value is -3.89. The molecule has 0 saturated carbocycles. The van der Waals surface area contributed by atoms with Crippen LogP contribution in [0, 0.1) is 11.6 Å². The largest absolute Gasteiger partial charge is 0.490 e. The van der Waals surface area contributed by atoms with Gasteiger partial charge in [0.25, 0.3) is 0 Å². The zero-order valence-corrected chi connectivity index (χ0v) is 21.4. The number of fused-ring (bicyclic) bond motifs is 1. The number of carbonyl (C=O) groups is 1. The molecular weight excluding hydrogens is 494 g/mol. The Morgan fingerprint density at radius 1 is 1.08 bits per heavy atom. The molecule has 2 N–H and O–H groups in total. The molecule has 202 valence electrons. The maximum Gasteiger partial charge on any atom is 0.404 e. The molecule has 0 bridgehead atoms. The van der Waals surface area contributed by atoms with Crippen molar-refractivity contribution in [2.24, 2.45) is 0 Å². The predicted molar refractivity (Wildman–Crippen MR) is 138 cm³/mol. The van der Waals surface area contributed by atoms with E-state index in [1.807, 2.05) is 11.8 Å². The summed E-state index contributed by atoms with van der Waals surface area (Å²) in [5.74, 6) is -1.10. The van der Waals surface area contributed by atoms with Crippen molar-refractivity contribution in [3.63, 3.8) is 0 Å². The van der Waals surface area contributed by atoms with Crippen LogP contribution in [0.3, 0.4) is 0 Å². The minimum absolute atomic E-state index is 0.0921. The minimum Gasteiger partial charge on any atom is -0.490 e. The van der Waals surface area contributed by atoms with Gasteiger partial charge in [-0.15, -0.1) is 0 Å². The van der Waals surface area contributed by atoms with Crippen molar-refractivity contribution < 1.29 is 23.4 Å². The number of nitrogens with one attached hydrogen (secondary N) is 1. The van der Waals surface area contributed by atoms with E-state index in [1.54, 1.807) is 30.7 Å². The average molecular weight is 527 g/mol. The summed E-state index contributed by atoms with van der Waals surface area (Å²) in [5.41, 5.74) is 2.35. The molecular formula is C27H32F2N6O3. The number of anilines is 1. The van der Waals surface area contributed by atoms with Gasteiger partial charge in [0.2, 0.25) is 5.82 Å². The molecule has 1 aliphatic rings. The fraction of sp³-hybridized carbons (Fsp3) is 0.444. The van der Waals surface area contributed by atoms with Crippen molar-refractivity contribution in [1.29, 1.82) is 0 Å². The molecule has 0 aliphatic carbocycles. The molecule has 38 heavy (non-hydrogen) atoms. The zero-order valence-electron chi connectivity index (χ0n) is 21.4. The SMILES string of the molecule is CC1c2cnc(-c3ncccn3)nc2CCN1c1cc(F)c(F)c(OCCCCCCCCNC(=O)O)c1. The number of halogens is 2. The fourth-order valence-electron chi connectivity index (χ4n) is 4.57. The van der Waals surface area contributed by atoms with Gasteiger partial charge in [-0.05, 0) is 25.8 Å². The van der Waals surface area contributed by atoms with Crippen molar-refractivity contribution in [3.05, 3.63) is 59.7 Å². The molecule has 9 nitrogen and oxygen atoms in total. The fourth-order valence-corrected chi connectivity index (χ4v) is 4.57. The summed E-state index contributed by atoms with van der Waals surface area (Å²) in [6.07, 6.45) is 9.96. The number of hydrogen-bond acceptors (Lipinski definition) is 7. The van der Waals surface area contributed by atoms with Gasteiger partial charge in [-0.2, -0.15) is 4.39 Å². The Morgan fingerprint density at radius 3 is 2.58 bits per heavy atom. The molecule has 4 rings (SSSR count). The summed E-state index contributed by atoms with van der Waals surface area (Å²) in [6.45, 7) is 3.31. The number of carboxylic acid groups (broad SMARTS) is 1. The van der Waals surface area contributed by atoms with Crippen LogP contribution in [-0.4, -0.2) is 50.8 Å². The Morgan fingerprint density at radius 2 is 1.82 bits per heavy atom. The second-order valence-corrected chi connectivity index (χ2v) is 9.23. The van der Waals surface area contributed by atoms with E-state index < -0.39 is 17.7 Å². The molecule has 1 atom stereocenters. The highest BCUT2D eigenvalue weighted by Crippen LogP contribution is 2.36. The molecule has 2 aromatic heterocycles. The van der Waals surface area contributed by atoms with E-state index in [0.29, 0.717) is 36.8 Å². The Balaban J connectivity index is 1.32. The van der Waals surface area contributed by atoms with Gasteiger partial charge in [0, 0.05) is 61.5 Å². The minimum atomic E-state index is -1.00. The van der Waals surface area contributed by atoms with Gasteiger partial charge in [0.05, 0.1) is 18.3 Å². The number of aromatic nitrogens is 4. The Kier molecular flexibility index (Phi) is 9.34. The van der Waals surface area contributed by atoms with E-state index in [0.717, 1.165) is 49.8 Å². The van der Waals surface area contributed by atoms with Crippen molar-refractivity contribution in [2.75, 3.05) is 24.6 Å². The van der Waals surface area contributed by atoms with E-state index in [9.17, 15) is 13.6 Å². The number of benzene rings is 1. The van der Waals surface area contributed by atoms with Gasteiger partial charge in [0.1, 0.15) is 0 Å². The highest BCUT2D eigenvalue weighted by molar-refractivity contribution is 5.64. The first-order valence-corrected chi connectivity index (χ1v) is 12.9. The van der Waals surface area contributed by atoms with E-state index in [1.165, 1.54) is 6.07 Å². The van der Waals surface area contributed by atoms with Crippen molar-refractivity contribution in [2.45, 2.75) is 57.9 Å². The summed E-state index contributed by atoms with van der Waals surface area (Å²) in [5, 5.41) is 10.9. The third-order valence-electron chi connectivity index (χ3n) is 6.59. The summed E-state index contributed by atoms with van der Waals surface area (Å²) < 4.78 is 34.7. The van der Waals surface area contributed by atoms with Crippen LogP contribution >= 0.6 is 0 Å². The van der Waals surface area contributed by atoms with Crippen molar-refractivity contribution in [3.8, 4) is 17.4 Å². The lowest BCUT2D eigenvalue weighted by Gasteiger charge is -2.36. The second kappa shape index (κ2) is 13.1. The lowest BCUT2D eigenvalue weighted by Crippen LogP contribution is -2.35. The summed E-state index contributed by atoms with van der Waals surface area (Å²) in [7, 11) is 0. The lowest BCUT2D eigenvalue weighted by atomic mass is 9.98. The molecule has 1 aromatic carbocycles. The third-order valence-corrected chi connectivity index (χ3v) is 6.59. The van der Waals surface area contributed by atoms with Gasteiger partial charge in [-0.3, -0.25) is 0 Å². The summed E-state index contributed by atoms with van der Waals surface area (Å²) >= 11 is 0. The molecule has 0 saturated heterocycles. The van der Waals surface area contributed by atoms with Gasteiger partial charge < -0.3 is 20.1 Å². The van der Waals surface area contributed by atoms with Crippen LogP contribution in [0.15, 0.2) is 36.8 Å². The number of rotatable bonds is 12. The Labute approximate surface area is 220 Å². The monoisotopic (exact) mass is 526 g/mol. The standard InChI is InChI=1S/C27H32F2N6O3/c1-18-20-17-33-26(25-30-11-8-12-31-25)34-22(20)9-13-35(18)19-15-21(28)24(29)23(16-19)38-14-7-5-3-2-4-6-10-32-27(36)37/h8,11-12,15-18,32H,2-7,9-10,13-14H2,1H3,(H,36,37). The van der Waals surface area contributed by atoms with Crippen LogP contribution < -0.4 is 15.0 Å². The van der Waals surface area contributed by atoms with Crippen molar-refractivity contribution in [1.82, 2.24) is 25.3 Å². The van der Waals surface area contributed by atoms with E-state index in [4.69, 9.17) is 9.84 Å². The molecule has 3 heterocycles. The summed E-state index contributed by atoms with van der Waals surface area (Å²) in [6, 6.07) is 4.35. The van der Waals surface area contributed by atoms with Crippen LogP contribution in [0.1, 0.15) is 62.7 Å². The predicted octanol–water partition coefficient (Wildman–Crippen LogP) is 5.32. The number of unbranched alkanes of at least 4 members (excludes halogenated alkanes) is 5. The maximum absolute atomic E-state index is 14.5. The average Bonchev–Trinajstić information content (AvgIpc) is 2.92. The molecule has 0 spiro atoms. The maximum atomic E-state index is 14.5. The van der Waals surface area contributed by atoms with Crippen molar-refractivity contribution >= 4 is 11.8 Å². The lowest BCUT2D eigenvalue weighted by molar-refractivity contribution is 0.194.